The van der Waals surface area contributed by atoms with Gasteiger partial charge in [0.15, 0.2) is 11.4 Å². The van der Waals surface area contributed by atoms with Gasteiger partial charge in [0.25, 0.3) is 11.8 Å². The van der Waals surface area contributed by atoms with Crippen molar-refractivity contribution < 1.29 is 23.0 Å². The number of hydrogen-bond donors (Lipinski definition) is 0. The number of nitrogens with zero attached hydrogens (tertiary/aromatic N) is 3. The van der Waals surface area contributed by atoms with Crippen LogP contribution in [0.15, 0.2) is 30.5 Å². The van der Waals surface area contributed by atoms with Crippen molar-refractivity contribution in [3.63, 3.8) is 0 Å². The van der Waals surface area contributed by atoms with Gasteiger partial charge in [0.1, 0.15) is 0 Å². The van der Waals surface area contributed by atoms with E-state index in [-0.39, 0.29) is 29.5 Å². The number of carbonyl (C=O) groups excluding carboxylic acids is 1. The molecular formula is C23H27F2N3O3. The highest BCUT2D eigenvalue weighted by atomic mass is 19.3. The summed E-state index contributed by atoms with van der Waals surface area (Å²) in [5.41, 5.74) is 0.982. The van der Waals surface area contributed by atoms with E-state index in [4.69, 9.17) is 9.47 Å². The maximum absolute atomic E-state index is 13.4. The van der Waals surface area contributed by atoms with Gasteiger partial charge in [-0.3, -0.25) is 4.79 Å². The van der Waals surface area contributed by atoms with Gasteiger partial charge in [-0.25, -0.2) is 18.7 Å². The van der Waals surface area contributed by atoms with E-state index < -0.39 is 5.92 Å². The molecule has 166 valence electrons. The fraction of sp³-hybridized carbons (Fsp3) is 0.522. The Bertz CT molecular complexity index is 946. The Kier molecular flexibility index (Phi) is 5.81. The topological polar surface area (TPSA) is 64.5 Å². The summed E-state index contributed by atoms with van der Waals surface area (Å²) in [5.74, 6) is -2.05. The molecule has 0 aliphatic carbocycles. The van der Waals surface area contributed by atoms with Crippen LogP contribution in [0.4, 0.5) is 8.78 Å². The monoisotopic (exact) mass is 431 g/mol. The minimum absolute atomic E-state index is 0.0635. The van der Waals surface area contributed by atoms with Crippen LogP contribution in [-0.4, -0.2) is 46.1 Å². The van der Waals surface area contributed by atoms with Gasteiger partial charge >= 0.3 is 0 Å². The van der Waals surface area contributed by atoms with Crippen molar-refractivity contribution in [1.29, 1.82) is 0 Å². The smallest absolute Gasteiger partial charge is 0.276 e. The summed E-state index contributed by atoms with van der Waals surface area (Å²) >= 11 is 0. The lowest BCUT2D eigenvalue weighted by atomic mass is 9.90. The summed E-state index contributed by atoms with van der Waals surface area (Å²) in [5, 5.41) is 0. The SMILES string of the molecule is CCOc1ccc(C)nc1C(=O)N1C2CCC1C(COc1ccc(C(C)(F)F)cn1)C2. The van der Waals surface area contributed by atoms with Gasteiger partial charge < -0.3 is 14.4 Å². The van der Waals surface area contributed by atoms with Gasteiger partial charge in [0.2, 0.25) is 5.88 Å². The molecule has 2 aromatic rings. The first kappa shape index (κ1) is 21.5. The van der Waals surface area contributed by atoms with E-state index in [1.54, 1.807) is 6.07 Å². The minimum Gasteiger partial charge on any atom is -0.491 e. The Morgan fingerprint density at radius 1 is 1.23 bits per heavy atom. The van der Waals surface area contributed by atoms with Gasteiger partial charge in [0, 0.05) is 48.4 Å². The molecule has 2 bridgehead atoms. The zero-order valence-corrected chi connectivity index (χ0v) is 18.0. The van der Waals surface area contributed by atoms with Crippen molar-refractivity contribution in [1.82, 2.24) is 14.9 Å². The Morgan fingerprint density at radius 2 is 2.03 bits per heavy atom. The van der Waals surface area contributed by atoms with Crippen LogP contribution in [0.1, 0.15) is 54.9 Å². The van der Waals surface area contributed by atoms with Crippen LogP contribution in [0.5, 0.6) is 11.6 Å². The van der Waals surface area contributed by atoms with Gasteiger partial charge in [-0.2, -0.15) is 0 Å². The van der Waals surface area contributed by atoms with Gasteiger partial charge in [-0.05, 0) is 51.3 Å². The highest BCUT2D eigenvalue weighted by molar-refractivity contribution is 5.96. The number of rotatable bonds is 7. The summed E-state index contributed by atoms with van der Waals surface area (Å²) in [6.45, 7) is 5.42. The molecule has 4 heterocycles. The molecule has 0 radical (unpaired) electrons. The van der Waals surface area contributed by atoms with E-state index in [9.17, 15) is 13.6 Å². The van der Waals surface area contributed by atoms with Crippen molar-refractivity contribution in [2.24, 2.45) is 5.92 Å². The number of aryl methyl sites for hydroxylation is 1. The van der Waals surface area contributed by atoms with E-state index in [0.717, 1.165) is 38.1 Å². The summed E-state index contributed by atoms with van der Waals surface area (Å²) in [7, 11) is 0. The molecule has 2 aliphatic heterocycles. The van der Waals surface area contributed by atoms with Crippen molar-refractivity contribution in [3.8, 4) is 11.6 Å². The Hall–Kier alpha value is -2.77. The first-order valence-corrected chi connectivity index (χ1v) is 10.7. The molecule has 0 N–H and O–H groups in total. The van der Waals surface area contributed by atoms with Crippen molar-refractivity contribution in [2.45, 2.75) is 58.0 Å². The molecule has 3 atom stereocenters. The molecule has 2 fully saturated rings. The number of halogens is 2. The quantitative estimate of drug-likeness (QED) is 0.652. The maximum atomic E-state index is 13.4. The van der Waals surface area contributed by atoms with E-state index in [1.165, 1.54) is 12.1 Å². The van der Waals surface area contributed by atoms with E-state index in [0.29, 0.717) is 30.5 Å². The number of alkyl halides is 2. The number of aromatic nitrogens is 2. The van der Waals surface area contributed by atoms with E-state index in [1.807, 2.05) is 24.8 Å². The first-order chi connectivity index (χ1) is 14.8. The van der Waals surface area contributed by atoms with Crippen LogP contribution in [0, 0.1) is 12.8 Å². The lowest BCUT2D eigenvalue weighted by Crippen LogP contribution is -2.38. The third-order valence-electron chi connectivity index (χ3n) is 6.09. The number of amides is 1. The van der Waals surface area contributed by atoms with E-state index >= 15 is 0 Å². The van der Waals surface area contributed by atoms with Crippen LogP contribution >= 0.6 is 0 Å². The predicted molar refractivity (Wildman–Crippen MR) is 111 cm³/mol. The lowest BCUT2D eigenvalue weighted by Gasteiger charge is -2.25. The molecule has 2 saturated heterocycles. The molecule has 4 rings (SSSR count). The summed E-state index contributed by atoms with van der Waals surface area (Å²) < 4.78 is 38.1. The van der Waals surface area contributed by atoms with E-state index in [2.05, 4.69) is 9.97 Å². The van der Waals surface area contributed by atoms with Gasteiger partial charge in [0.05, 0.1) is 13.2 Å². The van der Waals surface area contributed by atoms with Crippen LogP contribution in [-0.2, 0) is 5.92 Å². The van der Waals surface area contributed by atoms with Gasteiger partial charge in [-0.15, -0.1) is 0 Å². The van der Waals surface area contributed by atoms with Crippen LogP contribution < -0.4 is 9.47 Å². The average molecular weight is 431 g/mol. The molecule has 0 spiro atoms. The molecule has 6 nitrogen and oxygen atoms in total. The number of fused-ring (bicyclic) bond motifs is 2. The normalized spacial score (nSPS) is 22.6. The molecule has 8 heteroatoms. The molecule has 1 amide bonds. The van der Waals surface area contributed by atoms with Crippen molar-refractivity contribution >= 4 is 5.91 Å². The maximum Gasteiger partial charge on any atom is 0.276 e. The molecule has 0 saturated carbocycles. The number of hydrogen-bond acceptors (Lipinski definition) is 5. The highest BCUT2D eigenvalue weighted by Crippen LogP contribution is 2.43. The van der Waals surface area contributed by atoms with Crippen LogP contribution in [0.2, 0.25) is 0 Å². The van der Waals surface area contributed by atoms with Crippen LogP contribution in [0.25, 0.3) is 0 Å². The second kappa shape index (κ2) is 8.40. The largest absolute Gasteiger partial charge is 0.491 e. The summed E-state index contributed by atoms with van der Waals surface area (Å²) in [6.07, 6.45) is 3.86. The Labute approximate surface area is 180 Å². The fourth-order valence-electron chi connectivity index (χ4n) is 4.62. The third kappa shape index (κ3) is 4.34. The molecule has 0 aromatic carbocycles. The second-order valence-electron chi connectivity index (χ2n) is 8.32. The summed E-state index contributed by atoms with van der Waals surface area (Å²) in [4.78, 5) is 23.8. The fourth-order valence-corrected chi connectivity index (χ4v) is 4.62. The first-order valence-electron chi connectivity index (χ1n) is 10.7. The predicted octanol–water partition coefficient (Wildman–Crippen LogP) is 4.37. The van der Waals surface area contributed by atoms with Crippen molar-refractivity contribution in [2.75, 3.05) is 13.2 Å². The standard InChI is InChI=1S/C23H27F2N3O3/c1-4-30-19-9-5-14(2)27-21(19)22(29)28-17-7-8-18(28)15(11-17)13-31-20-10-6-16(12-26-20)23(3,24)25/h5-6,9-10,12,15,17-18H,4,7-8,11,13H2,1-3H3. The number of ether oxygens (including phenoxy) is 2. The summed E-state index contributed by atoms with van der Waals surface area (Å²) in [6, 6.07) is 6.65. The van der Waals surface area contributed by atoms with Crippen LogP contribution in [0.3, 0.4) is 0 Å². The Balaban J connectivity index is 1.44. The third-order valence-corrected chi connectivity index (χ3v) is 6.09. The zero-order valence-electron chi connectivity index (χ0n) is 18.0. The number of carbonyl (C=O) groups is 1. The lowest BCUT2D eigenvalue weighted by molar-refractivity contribution is 0.0170. The number of pyridine rings is 2. The molecule has 31 heavy (non-hydrogen) atoms. The van der Waals surface area contributed by atoms with Gasteiger partial charge in [-0.1, -0.05) is 0 Å². The molecule has 2 aliphatic rings. The average Bonchev–Trinajstić information content (AvgIpc) is 3.31. The Morgan fingerprint density at radius 3 is 2.71 bits per heavy atom. The highest BCUT2D eigenvalue weighted by Gasteiger charge is 2.49. The molecule has 3 unspecified atom stereocenters. The molecular weight excluding hydrogens is 404 g/mol. The zero-order chi connectivity index (χ0) is 22.2. The second-order valence-corrected chi connectivity index (χ2v) is 8.32. The minimum atomic E-state index is -2.93. The molecule has 2 aromatic heterocycles. The van der Waals surface area contributed by atoms with Crippen molar-refractivity contribution in [3.05, 3.63) is 47.4 Å².